The van der Waals surface area contributed by atoms with E-state index in [1.165, 1.54) is 61.7 Å². The van der Waals surface area contributed by atoms with Crippen LogP contribution in [0.25, 0.3) is 11.8 Å². The molecule has 3 aromatic rings. The number of nitrogens with zero attached hydrogens (tertiary/aromatic N) is 3. The van der Waals surface area contributed by atoms with Gasteiger partial charge in [0.05, 0.1) is 10.6 Å². The summed E-state index contributed by atoms with van der Waals surface area (Å²) >= 11 is 1.46. The number of para-hydroxylation sites is 1. The average Bonchev–Trinajstić information content (AvgIpc) is 3.42. The Morgan fingerprint density at radius 2 is 1.64 bits per heavy atom. The molecule has 42 heavy (non-hydrogen) atoms. The number of methoxy groups -OCH3 is 1. The molecule has 218 valence electrons. The number of carbonyl (C=O) groups excluding carboxylic acids is 1. The van der Waals surface area contributed by atoms with Gasteiger partial charge in [-0.15, -0.1) is 0 Å². The number of amides is 1. The Hall–Kier alpha value is -3.09. The molecule has 1 amide bonds. The molecule has 2 aromatic carbocycles. The predicted molar refractivity (Wildman–Crippen MR) is 172 cm³/mol. The molecule has 8 rings (SSSR count). The van der Waals surface area contributed by atoms with Crippen molar-refractivity contribution in [2.45, 2.75) is 64.2 Å². The molecule has 2 heterocycles. The molecule has 0 atom stereocenters. The van der Waals surface area contributed by atoms with Gasteiger partial charge in [0.15, 0.2) is 5.17 Å². The molecule has 4 aliphatic carbocycles. The first kappa shape index (κ1) is 27.7. The lowest BCUT2D eigenvalue weighted by Gasteiger charge is -2.57. The fourth-order valence-electron chi connectivity index (χ4n) is 8.67. The molecular formula is C36H41N3O2S. The predicted octanol–water partition coefficient (Wildman–Crippen LogP) is 8.20. The Balaban J connectivity index is 1.15. The quantitative estimate of drug-likeness (QED) is 0.200. The highest BCUT2D eigenvalue weighted by molar-refractivity contribution is 8.18. The second-order valence-electron chi connectivity index (χ2n) is 13.1. The van der Waals surface area contributed by atoms with Crippen molar-refractivity contribution in [2.24, 2.45) is 22.7 Å². The van der Waals surface area contributed by atoms with E-state index in [1.807, 2.05) is 36.4 Å². The Kier molecular flexibility index (Phi) is 7.39. The van der Waals surface area contributed by atoms with Gasteiger partial charge in [-0.3, -0.25) is 9.69 Å². The normalized spacial score (nSPS) is 28.5. The maximum absolute atomic E-state index is 13.6. The number of carbonyl (C=O) groups is 1. The highest BCUT2D eigenvalue weighted by Crippen LogP contribution is 2.60. The number of thioether (sulfide) groups is 1. The number of amidine groups is 1. The van der Waals surface area contributed by atoms with Gasteiger partial charge in [0.1, 0.15) is 0 Å². The number of aryl methyl sites for hydroxylation is 1. The molecule has 0 spiro atoms. The summed E-state index contributed by atoms with van der Waals surface area (Å²) < 4.78 is 7.58. The largest absolute Gasteiger partial charge is 0.385 e. The lowest BCUT2D eigenvalue weighted by atomic mass is 9.48. The molecule has 0 N–H and O–H groups in total. The molecule has 6 heteroatoms. The van der Waals surface area contributed by atoms with Crippen molar-refractivity contribution < 1.29 is 9.53 Å². The second kappa shape index (κ2) is 11.2. The summed E-state index contributed by atoms with van der Waals surface area (Å²) in [5.74, 6) is 2.86. The lowest BCUT2D eigenvalue weighted by molar-refractivity contribution is -0.122. The van der Waals surface area contributed by atoms with E-state index in [9.17, 15) is 4.79 Å². The summed E-state index contributed by atoms with van der Waals surface area (Å²) in [7, 11) is 1.69. The van der Waals surface area contributed by atoms with E-state index >= 15 is 0 Å². The summed E-state index contributed by atoms with van der Waals surface area (Å²) in [4.78, 5) is 20.9. The van der Waals surface area contributed by atoms with Crippen LogP contribution in [0.15, 0.2) is 70.6 Å². The number of aliphatic imine (C=N–C) groups is 1. The van der Waals surface area contributed by atoms with Crippen LogP contribution < -0.4 is 0 Å². The highest BCUT2D eigenvalue weighted by atomic mass is 32.2. The minimum absolute atomic E-state index is 0.00973. The number of hydrogen-bond donors (Lipinski definition) is 0. The Morgan fingerprint density at radius 3 is 2.29 bits per heavy atom. The van der Waals surface area contributed by atoms with Crippen LogP contribution in [-0.4, -0.2) is 40.8 Å². The van der Waals surface area contributed by atoms with E-state index in [1.54, 1.807) is 17.6 Å². The molecule has 0 unspecified atom stereocenters. The number of benzene rings is 2. The number of rotatable bonds is 8. The molecule has 5 aliphatic rings. The third kappa shape index (κ3) is 5.07. The first-order valence-electron chi connectivity index (χ1n) is 15.6. The Morgan fingerprint density at radius 1 is 0.976 bits per heavy atom. The van der Waals surface area contributed by atoms with Gasteiger partial charge in [0.2, 0.25) is 0 Å². The van der Waals surface area contributed by atoms with Crippen LogP contribution in [0.4, 0.5) is 5.69 Å². The molecule has 1 aromatic heterocycles. The van der Waals surface area contributed by atoms with Gasteiger partial charge < -0.3 is 9.30 Å². The van der Waals surface area contributed by atoms with Gasteiger partial charge in [-0.05, 0) is 141 Å². The SMILES string of the molecule is COCCCN1C(=O)/C(=C/c2cc(C)n(-c3ccc(C45CC6CC(CC(C6)C4)C5)cc3)c2C)SC1=Nc1ccccc1. The van der Waals surface area contributed by atoms with Gasteiger partial charge in [0, 0.05) is 37.3 Å². The smallest absolute Gasteiger partial charge is 0.266 e. The zero-order valence-electron chi connectivity index (χ0n) is 25.0. The molecule has 1 aliphatic heterocycles. The zero-order valence-corrected chi connectivity index (χ0v) is 25.8. The van der Waals surface area contributed by atoms with E-state index in [-0.39, 0.29) is 5.91 Å². The Bertz CT molecular complexity index is 1500. The lowest BCUT2D eigenvalue weighted by Crippen LogP contribution is -2.48. The Labute approximate surface area is 254 Å². The van der Waals surface area contributed by atoms with Crippen molar-refractivity contribution in [1.82, 2.24) is 9.47 Å². The maximum Gasteiger partial charge on any atom is 0.266 e. The van der Waals surface area contributed by atoms with Gasteiger partial charge in [-0.1, -0.05) is 30.3 Å². The van der Waals surface area contributed by atoms with Crippen molar-refractivity contribution in [3.8, 4) is 5.69 Å². The third-order valence-electron chi connectivity index (χ3n) is 10.1. The summed E-state index contributed by atoms with van der Waals surface area (Å²) in [6.45, 7) is 5.50. The van der Waals surface area contributed by atoms with Crippen LogP contribution in [0.5, 0.6) is 0 Å². The standard InChI is InChI=1S/C36H41N3O2S/c1-24-16-29(20-33-34(40)38(14-7-15-41-3)35(42-33)37-31-8-5-4-6-9-31)25(2)39(24)32-12-10-30(11-13-32)36-21-26-17-27(22-36)19-28(18-26)23-36/h4-6,8-13,16,20,26-28H,7,14-15,17-19,21-23H2,1-3H3/b33-20-,37-35?. The van der Waals surface area contributed by atoms with E-state index < -0.39 is 0 Å². The monoisotopic (exact) mass is 579 g/mol. The molecular weight excluding hydrogens is 538 g/mol. The second-order valence-corrected chi connectivity index (χ2v) is 14.1. The van der Waals surface area contributed by atoms with Gasteiger partial charge in [-0.2, -0.15) is 0 Å². The zero-order chi connectivity index (χ0) is 28.8. The molecule has 5 fully saturated rings. The van der Waals surface area contributed by atoms with Gasteiger partial charge in [-0.25, -0.2) is 4.99 Å². The van der Waals surface area contributed by atoms with Crippen molar-refractivity contribution in [3.05, 3.63) is 88.1 Å². The van der Waals surface area contributed by atoms with E-state index in [0.29, 0.717) is 23.5 Å². The first-order valence-corrected chi connectivity index (χ1v) is 16.4. The summed E-state index contributed by atoms with van der Waals surface area (Å²) in [5, 5.41) is 0.725. The molecule has 0 radical (unpaired) electrons. The molecule has 5 nitrogen and oxygen atoms in total. The molecule has 1 saturated heterocycles. The first-order chi connectivity index (χ1) is 20.4. The van der Waals surface area contributed by atoms with E-state index in [2.05, 4.69) is 48.7 Å². The van der Waals surface area contributed by atoms with Crippen molar-refractivity contribution >= 4 is 34.6 Å². The summed E-state index contributed by atoms with van der Waals surface area (Å²) in [6, 6.07) is 21.5. The number of hydrogen-bond acceptors (Lipinski definition) is 4. The van der Waals surface area contributed by atoms with Crippen LogP contribution in [0.3, 0.4) is 0 Å². The summed E-state index contributed by atoms with van der Waals surface area (Å²) in [6.07, 6.45) is 11.4. The van der Waals surface area contributed by atoms with Crippen LogP contribution in [0, 0.1) is 31.6 Å². The fourth-order valence-corrected chi connectivity index (χ4v) is 9.68. The van der Waals surface area contributed by atoms with E-state index in [0.717, 1.165) is 46.3 Å². The minimum atomic E-state index is 0.00973. The topological polar surface area (TPSA) is 46.8 Å². The van der Waals surface area contributed by atoms with Crippen LogP contribution in [0.2, 0.25) is 0 Å². The van der Waals surface area contributed by atoms with Crippen LogP contribution in [-0.2, 0) is 14.9 Å². The molecule has 4 bridgehead atoms. The third-order valence-corrected chi connectivity index (χ3v) is 11.1. The molecule has 4 saturated carbocycles. The van der Waals surface area contributed by atoms with E-state index in [4.69, 9.17) is 9.73 Å². The summed E-state index contributed by atoms with van der Waals surface area (Å²) in [5.41, 5.74) is 7.41. The highest BCUT2D eigenvalue weighted by Gasteiger charge is 2.51. The number of ether oxygens (including phenoxy) is 1. The van der Waals surface area contributed by atoms with Crippen LogP contribution in [0.1, 0.15) is 67.5 Å². The van der Waals surface area contributed by atoms with Crippen molar-refractivity contribution in [1.29, 1.82) is 0 Å². The van der Waals surface area contributed by atoms with Crippen molar-refractivity contribution in [2.75, 3.05) is 20.3 Å². The van der Waals surface area contributed by atoms with Gasteiger partial charge in [0.25, 0.3) is 5.91 Å². The van der Waals surface area contributed by atoms with Gasteiger partial charge >= 0.3 is 0 Å². The minimum Gasteiger partial charge on any atom is -0.385 e. The van der Waals surface area contributed by atoms with Crippen LogP contribution >= 0.6 is 11.8 Å². The fraction of sp³-hybridized carbons (Fsp3) is 0.444. The average molecular weight is 580 g/mol. The number of aromatic nitrogens is 1. The van der Waals surface area contributed by atoms with Crippen molar-refractivity contribution in [3.63, 3.8) is 0 Å². The maximum atomic E-state index is 13.6.